The number of unbranched alkanes of at least 4 members (excludes halogenated alkanes) is 10. The van der Waals surface area contributed by atoms with Gasteiger partial charge in [0.1, 0.15) is 0 Å². The molecule has 0 N–H and O–H groups in total. The van der Waals surface area contributed by atoms with Crippen molar-refractivity contribution >= 4 is 5.97 Å². The maximum Gasteiger partial charge on any atom is 0.374 e. The molecular weight excluding hydrogens is 264 g/mol. The SMILES string of the molecule is CCCCCCCCCCCCCOC(=O)c1ccco1. The monoisotopic (exact) mass is 294 g/mol. The van der Waals surface area contributed by atoms with Crippen molar-refractivity contribution in [2.45, 2.75) is 77.6 Å². The molecule has 1 aromatic rings. The van der Waals surface area contributed by atoms with Gasteiger partial charge in [0.05, 0.1) is 12.9 Å². The Morgan fingerprint density at radius 1 is 0.952 bits per heavy atom. The van der Waals surface area contributed by atoms with Crippen LogP contribution in [0.3, 0.4) is 0 Å². The van der Waals surface area contributed by atoms with E-state index in [0.717, 1.165) is 12.8 Å². The second-order valence-electron chi connectivity index (χ2n) is 5.65. The van der Waals surface area contributed by atoms with E-state index in [-0.39, 0.29) is 11.7 Å². The Labute approximate surface area is 129 Å². The second-order valence-corrected chi connectivity index (χ2v) is 5.65. The first-order valence-corrected chi connectivity index (χ1v) is 8.55. The zero-order valence-corrected chi connectivity index (χ0v) is 13.4. The molecule has 0 radical (unpaired) electrons. The van der Waals surface area contributed by atoms with Gasteiger partial charge in [0.15, 0.2) is 0 Å². The average molecular weight is 294 g/mol. The van der Waals surface area contributed by atoms with E-state index in [2.05, 4.69) is 6.92 Å². The summed E-state index contributed by atoms with van der Waals surface area (Å²) in [6, 6.07) is 3.32. The number of ether oxygens (including phenoxy) is 1. The molecule has 0 amide bonds. The first-order chi connectivity index (χ1) is 10.3. The highest BCUT2D eigenvalue weighted by Gasteiger charge is 2.08. The van der Waals surface area contributed by atoms with Crippen molar-refractivity contribution in [2.24, 2.45) is 0 Å². The second kappa shape index (κ2) is 12.5. The van der Waals surface area contributed by atoms with Crippen LogP contribution in [0, 0.1) is 0 Å². The molecule has 21 heavy (non-hydrogen) atoms. The lowest BCUT2D eigenvalue weighted by molar-refractivity contribution is 0.0461. The highest BCUT2D eigenvalue weighted by molar-refractivity contribution is 5.86. The quantitative estimate of drug-likeness (QED) is 0.343. The number of hydrogen-bond donors (Lipinski definition) is 0. The van der Waals surface area contributed by atoms with Gasteiger partial charge in [-0.2, -0.15) is 0 Å². The molecule has 120 valence electrons. The average Bonchev–Trinajstić information content (AvgIpc) is 3.02. The van der Waals surface area contributed by atoms with Crippen LogP contribution in [0.4, 0.5) is 0 Å². The van der Waals surface area contributed by atoms with Crippen molar-refractivity contribution in [3.05, 3.63) is 24.2 Å². The largest absolute Gasteiger partial charge is 0.460 e. The van der Waals surface area contributed by atoms with Gasteiger partial charge >= 0.3 is 5.97 Å². The number of carbonyl (C=O) groups excluding carboxylic acids is 1. The normalized spacial score (nSPS) is 10.7. The highest BCUT2D eigenvalue weighted by atomic mass is 16.5. The molecule has 0 aliphatic carbocycles. The molecule has 0 spiro atoms. The van der Waals surface area contributed by atoms with Crippen LogP contribution in [0.5, 0.6) is 0 Å². The Morgan fingerprint density at radius 3 is 2.05 bits per heavy atom. The summed E-state index contributed by atoms with van der Waals surface area (Å²) >= 11 is 0. The molecule has 0 aromatic carbocycles. The topological polar surface area (TPSA) is 39.4 Å². The van der Waals surface area contributed by atoms with Crippen LogP contribution in [0.25, 0.3) is 0 Å². The summed E-state index contributed by atoms with van der Waals surface area (Å²) in [5.74, 6) is -0.0647. The Balaban J connectivity index is 1.80. The number of furan rings is 1. The van der Waals surface area contributed by atoms with Crippen LogP contribution < -0.4 is 0 Å². The summed E-state index contributed by atoms with van der Waals surface area (Å²) < 4.78 is 10.1. The van der Waals surface area contributed by atoms with Crippen molar-refractivity contribution in [1.82, 2.24) is 0 Å². The predicted molar refractivity (Wildman–Crippen MR) is 85.5 cm³/mol. The molecule has 0 atom stereocenters. The van der Waals surface area contributed by atoms with Crippen molar-refractivity contribution in [1.29, 1.82) is 0 Å². The van der Waals surface area contributed by atoms with E-state index in [1.807, 2.05) is 0 Å². The number of carbonyl (C=O) groups is 1. The number of rotatable bonds is 13. The smallest absolute Gasteiger partial charge is 0.374 e. The van der Waals surface area contributed by atoms with Crippen LogP contribution in [-0.4, -0.2) is 12.6 Å². The molecular formula is C18H30O3. The molecule has 0 saturated heterocycles. The molecule has 0 bridgehead atoms. The van der Waals surface area contributed by atoms with E-state index < -0.39 is 0 Å². The van der Waals surface area contributed by atoms with Gasteiger partial charge in [-0.1, -0.05) is 71.1 Å². The van der Waals surface area contributed by atoms with E-state index in [1.54, 1.807) is 12.1 Å². The molecule has 3 heteroatoms. The standard InChI is InChI=1S/C18H30O3/c1-2-3-4-5-6-7-8-9-10-11-12-15-21-18(19)17-14-13-16-20-17/h13-14,16H,2-12,15H2,1H3. The maximum absolute atomic E-state index is 11.5. The van der Waals surface area contributed by atoms with Gasteiger partial charge in [-0.25, -0.2) is 4.79 Å². The lowest BCUT2D eigenvalue weighted by atomic mass is 10.1. The molecule has 0 aliphatic heterocycles. The summed E-state index contributed by atoms with van der Waals surface area (Å²) in [6.45, 7) is 2.75. The fraction of sp³-hybridized carbons (Fsp3) is 0.722. The molecule has 0 unspecified atom stereocenters. The Bertz CT molecular complexity index is 343. The maximum atomic E-state index is 11.5. The predicted octanol–water partition coefficient (Wildman–Crippen LogP) is 5.75. The first kappa shape index (κ1) is 17.8. The summed E-state index contributed by atoms with van der Waals surface area (Å²) in [5, 5.41) is 0. The fourth-order valence-electron chi connectivity index (χ4n) is 2.40. The van der Waals surface area contributed by atoms with Crippen molar-refractivity contribution in [3.63, 3.8) is 0 Å². The van der Waals surface area contributed by atoms with Crippen LogP contribution in [-0.2, 0) is 4.74 Å². The van der Waals surface area contributed by atoms with E-state index in [0.29, 0.717) is 6.61 Å². The third kappa shape index (κ3) is 9.33. The van der Waals surface area contributed by atoms with Gasteiger partial charge in [0.2, 0.25) is 5.76 Å². The Kier molecular flexibility index (Phi) is 10.6. The third-order valence-electron chi connectivity index (χ3n) is 3.70. The van der Waals surface area contributed by atoms with Crippen molar-refractivity contribution < 1.29 is 13.9 Å². The van der Waals surface area contributed by atoms with Gasteiger partial charge in [0.25, 0.3) is 0 Å². The molecule has 1 rings (SSSR count). The highest BCUT2D eigenvalue weighted by Crippen LogP contribution is 2.11. The Morgan fingerprint density at radius 2 is 1.52 bits per heavy atom. The molecule has 0 saturated carbocycles. The van der Waals surface area contributed by atoms with Gasteiger partial charge in [-0.15, -0.1) is 0 Å². The van der Waals surface area contributed by atoms with E-state index in [9.17, 15) is 4.79 Å². The summed E-state index contributed by atoms with van der Waals surface area (Å²) in [5.41, 5.74) is 0. The minimum absolute atomic E-state index is 0.290. The van der Waals surface area contributed by atoms with E-state index in [1.165, 1.54) is 64.1 Å². The van der Waals surface area contributed by atoms with Gasteiger partial charge in [-0.3, -0.25) is 0 Å². The summed E-state index contributed by atoms with van der Waals surface area (Å²) in [6.07, 6.45) is 15.7. The fourth-order valence-corrected chi connectivity index (χ4v) is 2.40. The van der Waals surface area contributed by atoms with Crippen LogP contribution >= 0.6 is 0 Å². The summed E-state index contributed by atoms with van der Waals surface area (Å²) in [4.78, 5) is 11.5. The number of esters is 1. The van der Waals surface area contributed by atoms with Crippen LogP contribution in [0.2, 0.25) is 0 Å². The molecule has 3 nitrogen and oxygen atoms in total. The lowest BCUT2D eigenvalue weighted by Gasteiger charge is -2.04. The van der Waals surface area contributed by atoms with Crippen LogP contribution in [0.1, 0.15) is 88.1 Å². The number of hydrogen-bond acceptors (Lipinski definition) is 3. The zero-order chi connectivity index (χ0) is 15.2. The van der Waals surface area contributed by atoms with Crippen LogP contribution in [0.15, 0.2) is 22.8 Å². The minimum Gasteiger partial charge on any atom is -0.460 e. The van der Waals surface area contributed by atoms with E-state index >= 15 is 0 Å². The molecule has 0 fully saturated rings. The summed E-state index contributed by atoms with van der Waals surface area (Å²) in [7, 11) is 0. The van der Waals surface area contributed by atoms with Crippen molar-refractivity contribution in [2.75, 3.05) is 6.61 Å². The lowest BCUT2D eigenvalue weighted by Crippen LogP contribution is -2.05. The Hall–Kier alpha value is -1.25. The zero-order valence-electron chi connectivity index (χ0n) is 13.4. The third-order valence-corrected chi connectivity index (χ3v) is 3.70. The van der Waals surface area contributed by atoms with Gasteiger partial charge in [-0.05, 0) is 18.6 Å². The van der Waals surface area contributed by atoms with Gasteiger partial charge < -0.3 is 9.15 Å². The molecule has 1 aromatic heterocycles. The van der Waals surface area contributed by atoms with E-state index in [4.69, 9.17) is 9.15 Å². The van der Waals surface area contributed by atoms with Crippen molar-refractivity contribution in [3.8, 4) is 0 Å². The molecule has 0 aliphatic rings. The van der Waals surface area contributed by atoms with Gasteiger partial charge in [0, 0.05) is 0 Å². The minimum atomic E-state index is -0.355. The molecule has 1 heterocycles. The first-order valence-electron chi connectivity index (χ1n) is 8.55.